The molecule has 2 aromatic rings. The van der Waals surface area contributed by atoms with Crippen LogP contribution in [0.15, 0.2) is 95.1 Å². The van der Waals surface area contributed by atoms with E-state index in [1.54, 1.807) is 0 Å². The second kappa shape index (κ2) is 25.4. The quantitative estimate of drug-likeness (QED) is 0.0498. The number of allylic oxidation sites excluding steroid dienone is 6. The van der Waals surface area contributed by atoms with Crippen molar-refractivity contribution >= 4 is 43.8 Å². The maximum Gasteiger partial charge on any atom is 0.318 e. The van der Waals surface area contributed by atoms with Crippen molar-refractivity contribution in [1.82, 2.24) is 0 Å². The molecule has 252 valence electrons. The van der Waals surface area contributed by atoms with E-state index in [2.05, 4.69) is 134 Å². The van der Waals surface area contributed by atoms with E-state index in [-0.39, 0.29) is 29.4 Å². The third kappa shape index (κ3) is 21.9. The van der Waals surface area contributed by atoms with E-state index in [0.717, 1.165) is 38.5 Å². The van der Waals surface area contributed by atoms with Gasteiger partial charge in [-0.25, -0.2) is 0 Å². The molecule has 0 atom stereocenters. The minimum atomic E-state index is -0.315. The number of carbonyl (C=O) groups excluding carboxylic acids is 2. The van der Waals surface area contributed by atoms with Gasteiger partial charge < -0.3 is 14.2 Å². The molecule has 0 saturated heterocycles. The van der Waals surface area contributed by atoms with Crippen LogP contribution in [0, 0.1) is 13.8 Å². The predicted octanol–water partition coefficient (Wildman–Crippen LogP) is 10.3. The molecular formula is C39H52Br2O5. The van der Waals surface area contributed by atoms with Crippen molar-refractivity contribution in [2.75, 3.05) is 30.7 Å². The zero-order valence-corrected chi connectivity index (χ0v) is 31.7. The van der Waals surface area contributed by atoms with Crippen molar-refractivity contribution in [3.8, 4) is 0 Å². The number of ether oxygens (including phenoxy) is 3. The number of hydrogen-bond acceptors (Lipinski definition) is 5. The molecule has 2 aromatic carbocycles. The molecule has 0 fully saturated rings. The Kier molecular flexibility index (Phi) is 22.8. The van der Waals surface area contributed by atoms with Crippen molar-refractivity contribution in [2.45, 2.75) is 80.1 Å². The van der Waals surface area contributed by atoms with E-state index in [0.29, 0.717) is 13.2 Å². The summed E-state index contributed by atoms with van der Waals surface area (Å²) in [5.74, 6) is -0.539. The largest absolute Gasteiger partial charge is 0.461 e. The SMILES string of the molecule is C/C(=C\COC(=O)CBr)CC/C=C(\C)Cc1cccc(C)c1.C/C(=C\COCOC(=O)CBr)CC/C=C(\C)Cc1cccc(C)c1. The highest BCUT2D eigenvalue weighted by Gasteiger charge is 2.00. The molecule has 5 nitrogen and oxygen atoms in total. The molecule has 7 heteroatoms. The number of esters is 2. The third-order valence-electron chi connectivity index (χ3n) is 6.94. The van der Waals surface area contributed by atoms with Crippen LogP contribution in [0.1, 0.15) is 75.6 Å². The Morgan fingerprint density at radius 3 is 1.54 bits per heavy atom. The van der Waals surface area contributed by atoms with Crippen LogP contribution in [0.4, 0.5) is 0 Å². The normalized spacial score (nSPS) is 12.3. The second-order valence-electron chi connectivity index (χ2n) is 11.6. The van der Waals surface area contributed by atoms with Crippen LogP contribution in [0.3, 0.4) is 0 Å². The summed E-state index contributed by atoms with van der Waals surface area (Å²) >= 11 is 6.09. The highest BCUT2D eigenvalue weighted by Crippen LogP contribution is 2.14. The third-order valence-corrected chi connectivity index (χ3v) is 7.86. The smallest absolute Gasteiger partial charge is 0.318 e. The summed E-state index contributed by atoms with van der Waals surface area (Å²) in [5.41, 5.74) is 10.7. The first-order valence-electron chi connectivity index (χ1n) is 15.8. The van der Waals surface area contributed by atoms with E-state index in [9.17, 15) is 9.59 Å². The number of carbonyl (C=O) groups is 2. The lowest BCUT2D eigenvalue weighted by Gasteiger charge is -2.05. The Bertz CT molecular complexity index is 1320. The van der Waals surface area contributed by atoms with Gasteiger partial charge in [-0.3, -0.25) is 9.59 Å². The van der Waals surface area contributed by atoms with Crippen LogP contribution in [-0.2, 0) is 36.6 Å². The number of aryl methyl sites for hydroxylation is 2. The van der Waals surface area contributed by atoms with Gasteiger partial charge in [0.1, 0.15) is 17.3 Å². The Hall–Kier alpha value is -2.74. The molecule has 0 aliphatic heterocycles. The van der Waals surface area contributed by atoms with Crippen molar-refractivity contribution in [3.05, 3.63) is 117 Å². The molecule has 0 bridgehead atoms. The van der Waals surface area contributed by atoms with Gasteiger partial charge in [0.2, 0.25) is 0 Å². The molecule has 0 radical (unpaired) electrons. The Morgan fingerprint density at radius 2 is 1.09 bits per heavy atom. The fraction of sp³-hybridized carbons (Fsp3) is 0.436. The maximum absolute atomic E-state index is 11.0. The van der Waals surface area contributed by atoms with Gasteiger partial charge in [-0.1, -0.05) is 132 Å². The summed E-state index contributed by atoms with van der Waals surface area (Å²) in [6.07, 6.45) is 14.7. The van der Waals surface area contributed by atoms with Crippen LogP contribution >= 0.6 is 31.9 Å². The fourth-order valence-corrected chi connectivity index (χ4v) is 4.76. The molecule has 0 spiro atoms. The minimum Gasteiger partial charge on any atom is -0.461 e. The van der Waals surface area contributed by atoms with Crippen LogP contribution in [0.5, 0.6) is 0 Å². The highest BCUT2D eigenvalue weighted by atomic mass is 79.9. The number of benzene rings is 2. The van der Waals surface area contributed by atoms with E-state index in [1.807, 2.05) is 12.2 Å². The summed E-state index contributed by atoms with van der Waals surface area (Å²) in [5, 5.41) is 0.445. The second-order valence-corrected chi connectivity index (χ2v) is 12.7. The molecule has 0 amide bonds. The topological polar surface area (TPSA) is 61.8 Å². The van der Waals surface area contributed by atoms with Gasteiger partial charge in [0, 0.05) is 0 Å². The number of alkyl halides is 2. The summed E-state index contributed by atoms with van der Waals surface area (Å²) in [7, 11) is 0. The first-order chi connectivity index (χ1) is 22.0. The average Bonchev–Trinajstić information content (AvgIpc) is 3.01. The fourth-order valence-electron chi connectivity index (χ4n) is 4.44. The van der Waals surface area contributed by atoms with E-state index >= 15 is 0 Å². The number of hydrogen-bond donors (Lipinski definition) is 0. The van der Waals surface area contributed by atoms with Gasteiger partial charge >= 0.3 is 11.9 Å². The van der Waals surface area contributed by atoms with Gasteiger partial charge in [0.15, 0.2) is 6.79 Å². The summed E-state index contributed by atoms with van der Waals surface area (Å²) in [4.78, 5) is 21.9. The standard InChI is InChI=1S/C20H27BrO3.C19H25BrO2/c1-16(10-11-23-15-24-20(22)14-21)6-4-7-17(2)12-19-9-5-8-18(3)13-19;1-15(10-11-22-19(21)14-20)6-4-7-16(2)12-18-9-5-8-17(3)13-18/h5,7-10,13H,4,6,11-12,14-15H2,1-3H3;5,7-10,13H,4,6,11-12,14H2,1-3H3/b16-10+,17-7+;15-10+,16-7+. The van der Waals surface area contributed by atoms with Gasteiger partial charge in [-0.2, -0.15) is 0 Å². The molecule has 0 heterocycles. The number of rotatable bonds is 18. The van der Waals surface area contributed by atoms with Crippen molar-refractivity contribution < 1.29 is 23.8 Å². The molecular weight excluding hydrogens is 708 g/mol. The molecule has 46 heavy (non-hydrogen) atoms. The molecule has 0 N–H and O–H groups in total. The predicted molar refractivity (Wildman–Crippen MR) is 199 cm³/mol. The molecule has 2 rings (SSSR count). The van der Waals surface area contributed by atoms with Gasteiger partial charge in [0.05, 0.1) is 6.61 Å². The zero-order chi connectivity index (χ0) is 34.2. The molecule has 0 aliphatic carbocycles. The summed E-state index contributed by atoms with van der Waals surface area (Å²) in [6.45, 7) is 13.6. The van der Waals surface area contributed by atoms with Crippen LogP contribution < -0.4 is 0 Å². The van der Waals surface area contributed by atoms with Crippen LogP contribution in [0.25, 0.3) is 0 Å². The first kappa shape index (κ1) is 41.3. The van der Waals surface area contributed by atoms with Gasteiger partial charge in [-0.15, -0.1) is 0 Å². The van der Waals surface area contributed by atoms with Crippen LogP contribution in [-0.4, -0.2) is 42.6 Å². The van der Waals surface area contributed by atoms with Gasteiger partial charge in [-0.05, 0) is 97.3 Å². The van der Waals surface area contributed by atoms with Crippen molar-refractivity contribution in [2.24, 2.45) is 0 Å². The van der Waals surface area contributed by atoms with E-state index < -0.39 is 0 Å². The molecule has 0 unspecified atom stereocenters. The Labute approximate surface area is 294 Å². The van der Waals surface area contributed by atoms with Crippen molar-refractivity contribution in [3.63, 3.8) is 0 Å². The maximum atomic E-state index is 11.0. The molecule has 0 saturated carbocycles. The minimum absolute atomic E-state index is 0.00369. The zero-order valence-electron chi connectivity index (χ0n) is 28.5. The lowest BCUT2D eigenvalue weighted by Crippen LogP contribution is -2.09. The summed E-state index contributed by atoms with van der Waals surface area (Å²) < 4.78 is 15.0. The molecule has 0 aliphatic rings. The highest BCUT2D eigenvalue weighted by molar-refractivity contribution is 9.09. The average molecular weight is 761 g/mol. The van der Waals surface area contributed by atoms with E-state index in [4.69, 9.17) is 14.2 Å². The van der Waals surface area contributed by atoms with Crippen molar-refractivity contribution in [1.29, 1.82) is 0 Å². The lowest BCUT2D eigenvalue weighted by atomic mass is 10.0. The lowest BCUT2D eigenvalue weighted by molar-refractivity contribution is -0.151. The monoisotopic (exact) mass is 758 g/mol. The van der Waals surface area contributed by atoms with E-state index in [1.165, 1.54) is 44.5 Å². The summed E-state index contributed by atoms with van der Waals surface area (Å²) in [6, 6.07) is 17.3. The van der Waals surface area contributed by atoms with Crippen LogP contribution in [0.2, 0.25) is 0 Å². The first-order valence-corrected chi connectivity index (χ1v) is 18.0. The Morgan fingerprint density at radius 1 is 0.630 bits per heavy atom. The Balaban J connectivity index is 0.000000462. The van der Waals surface area contributed by atoms with Gasteiger partial charge in [0.25, 0.3) is 0 Å². The number of halogens is 2. The molecule has 0 aromatic heterocycles.